The molecule has 1 atom stereocenters. The minimum Gasteiger partial charge on any atom is -0.376 e. The average molecular weight is 375 g/mol. The van der Waals surface area contributed by atoms with E-state index < -0.39 is 0 Å². The second kappa shape index (κ2) is 8.85. The van der Waals surface area contributed by atoms with Gasteiger partial charge in [0.25, 0.3) is 5.91 Å². The number of hydrogen-bond donors (Lipinski definition) is 1. The Morgan fingerprint density at radius 1 is 1.14 bits per heavy atom. The maximum Gasteiger partial charge on any atom is 0.251 e. The van der Waals surface area contributed by atoms with Gasteiger partial charge in [-0.2, -0.15) is 0 Å². The second-order valence-corrected chi connectivity index (χ2v) is 7.21. The zero-order chi connectivity index (χ0) is 19.2. The molecule has 1 aromatic heterocycles. The summed E-state index contributed by atoms with van der Waals surface area (Å²) < 4.78 is 7.72. The van der Waals surface area contributed by atoms with Crippen molar-refractivity contribution in [2.75, 3.05) is 13.2 Å². The van der Waals surface area contributed by atoms with Crippen molar-refractivity contribution < 1.29 is 9.53 Å². The van der Waals surface area contributed by atoms with Crippen LogP contribution in [0.4, 0.5) is 0 Å². The molecule has 0 aliphatic carbocycles. The molecular formula is C23H25N3O2. The molecule has 3 aromatic rings. The number of aromatic nitrogens is 2. The summed E-state index contributed by atoms with van der Waals surface area (Å²) in [7, 11) is 0. The first-order chi connectivity index (χ1) is 13.8. The zero-order valence-corrected chi connectivity index (χ0v) is 15.9. The van der Waals surface area contributed by atoms with Gasteiger partial charge in [-0.05, 0) is 48.1 Å². The van der Waals surface area contributed by atoms with E-state index in [0.29, 0.717) is 12.1 Å². The van der Waals surface area contributed by atoms with Gasteiger partial charge in [0.05, 0.1) is 12.4 Å². The van der Waals surface area contributed by atoms with Crippen LogP contribution in [0.1, 0.15) is 35.2 Å². The Morgan fingerprint density at radius 3 is 2.79 bits per heavy atom. The number of benzene rings is 2. The highest BCUT2D eigenvalue weighted by molar-refractivity contribution is 5.95. The van der Waals surface area contributed by atoms with Crippen LogP contribution >= 0.6 is 0 Å². The van der Waals surface area contributed by atoms with Crippen LogP contribution in [0.25, 0.3) is 11.1 Å². The summed E-state index contributed by atoms with van der Waals surface area (Å²) in [5.74, 6) is -0.0484. The molecule has 1 fully saturated rings. The highest BCUT2D eigenvalue weighted by Gasteiger charge is 2.15. The largest absolute Gasteiger partial charge is 0.376 e. The van der Waals surface area contributed by atoms with Gasteiger partial charge in [-0.1, -0.05) is 36.4 Å². The molecule has 5 heteroatoms. The molecule has 144 valence electrons. The first-order valence-electron chi connectivity index (χ1n) is 9.83. The topological polar surface area (TPSA) is 56.1 Å². The van der Waals surface area contributed by atoms with Gasteiger partial charge in [-0.25, -0.2) is 4.98 Å². The van der Waals surface area contributed by atoms with Crippen LogP contribution in [0.15, 0.2) is 67.3 Å². The van der Waals surface area contributed by atoms with Crippen molar-refractivity contribution in [2.24, 2.45) is 0 Å². The molecule has 0 bridgehead atoms. The Kier molecular flexibility index (Phi) is 5.83. The van der Waals surface area contributed by atoms with Crippen LogP contribution < -0.4 is 5.32 Å². The van der Waals surface area contributed by atoms with E-state index in [9.17, 15) is 4.79 Å². The Labute approximate surface area is 165 Å². The zero-order valence-electron chi connectivity index (χ0n) is 15.9. The number of ether oxygens (including phenoxy) is 1. The normalized spacial score (nSPS) is 16.6. The summed E-state index contributed by atoms with van der Waals surface area (Å²) in [6, 6.07) is 16.2. The molecule has 0 radical (unpaired) electrons. The number of amides is 1. The van der Waals surface area contributed by atoms with Crippen LogP contribution in [-0.2, 0) is 11.3 Å². The molecule has 2 heterocycles. The molecule has 28 heavy (non-hydrogen) atoms. The third-order valence-electron chi connectivity index (χ3n) is 5.10. The van der Waals surface area contributed by atoms with Crippen molar-refractivity contribution in [2.45, 2.75) is 31.9 Å². The SMILES string of the molecule is O=C(NCC1CCCCO1)c1cccc(-c2ccc(Cn3ccnc3)cc2)c1. The first-order valence-corrected chi connectivity index (χ1v) is 9.83. The van der Waals surface area contributed by atoms with Crippen LogP contribution in [0.5, 0.6) is 0 Å². The maximum atomic E-state index is 12.5. The molecule has 1 unspecified atom stereocenters. The summed E-state index contributed by atoms with van der Waals surface area (Å²) in [5, 5.41) is 3.01. The fraction of sp³-hybridized carbons (Fsp3) is 0.304. The molecular weight excluding hydrogens is 350 g/mol. The Balaban J connectivity index is 1.40. The van der Waals surface area contributed by atoms with E-state index in [4.69, 9.17) is 4.74 Å². The van der Waals surface area contributed by atoms with E-state index in [0.717, 1.165) is 37.1 Å². The quantitative estimate of drug-likeness (QED) is 0.711. The van der Waals surface area contributed by atoms with E-state index in [1.807, 2.05) is 41.4 Å². The lowest BCUT2D eigenvalue weighted by atomic mass is 10.0. The molecule has 0 saturated carbocycles. The van der Waals surface area contributed by atoms with E-state index in [1.165, 1.54) is 12.0 Å². The van der Waals surface area contributed by atoms with Crippen molar-refractivity contribution in [1.29, 1.82) is 0 Å². The molecule has 1 saturated heterocycles. The van der Waals surface area contributed by atoms with Crippen molar-refractivity contribution >= 4 is 5.91 Å². The minimum absolute atomic E-state index is 0.0484. The Bertz CT molecular complexity index is 898. The van der Waals surface area contributed by atoms with Crippen molar-refractivity contribution in [3.8, 4) is 11.1 Å². The Morgan fingerprint density at radius 2 is 2.04 bits per heavy atom. The predicted octanol–water partition coefficient (Wildman–Crippen LogP) is 3.90. The van der Waals surface area contributed by atoms with Gasteiger partial charge in [-0.3, -0.25) is 4.79 Å². The summed E-state index contributed by atoms with van der Waals surface area (Å²) in [5.41, 5.74) is 4.02. The summed E-state index contributed by atoms with van der Waals surface area (Å²) >= 11 is 0. The fourth-order valence-electron chi connectivity index (χ4n) is 3.51. The van der Waals surface area contributed by atoms with Crippen molar-refractivity contribution in [1.82, 2.24) is 14.9 Å². The monoisotopic (exact) mass is 375 g/mol. The molecule has 2 aromatic carbocycles. The number of nitrogens with zero attached hydrogens (tertiary/aromatic N) is 2. The van der Waals surface area contributed by atoms with Gasteiger partial charge in [0.2, 0.25) is 0 Å². The van der Waals surface area contributed by atoms with Crippen LogP contribution in [0, 0.1) is 0 Å². The highest BCUT2D eigenvalue weighted by Crippen LogP contribution is 2.21. The lowest BCUT2D eigenvalue weighted by Crippen LogP contribution is -2.35. The van der Waals surface area contributed by atoms with Gasteiger partial charge in [0.1, 0.15) is 0 Å². The van der Waals surface area contributed by atoms with Crippen molar-refractivity contribution in [3.63, 3.8) is 0 Å². The molecule has 4 rings (SSSR count). The molecule has 1 N–H and O–H groups in total. The molecule has 5 nitrogen and oxygen atoms in total. The Hall–Kier alpha value is -2.92. The number of hydrogen-bond acceptors (Lipinski definition) is 3. The summed E-state index contributed by atoms with van der Waals surface area (Å²) in [4.78, 5) is 16.6. The number of nitrogens with one attached hydrogen (secondary N) is 1. The van der Waals surface area contributed by atoms with Crippen LogP contribution in [0.3, 0.4) is 0 Å². The third-order valence-corrected chi connectivity index (χ3v) is 5.10. The standard InChI is InChI=1S/C23H25N3O2/c27-23(25-15-22-6-1-2-13-28-22)21-5-3-4-20(14-21)19-9-7-18(8-10-19)16-26-12-11-24-17-26/h3-5,7-12,14,17,22H,1-2,6,13,15-16H2,(H,25,27). The summed E-state index contributed by atoms with van der Waals surface area (Å²) in [6.07, 6.45) is 9.00. The third kappa shape index (κ3) is 4.67. The number of imidazole rings is 1. The van der Waals surface area contributed by atoms with Gasteiger partial charge >= 0.3 is 0 Å². The smallest absolute Gasteiger partial charge is 0.251 e. The number of carbonyl (C=O) groups excluding carboxylic acids is 1. The average Bonchev–Trinajstić information content (AvgIpc) is 3.26. The van der Waals surface area contributed by atoms with E-state index in [1.54, 1.807) is 6.20 Å². The van der Waals surface area contributed by atoms with Crippen molar-refractivity contribution in [3.05, 3.63) is 78.4 Å². The number of carbonyl (C=O) groups is 1. The maximum absolute atomic E-state index is 12.5. The van der Waals surface area contributed by atoms with E-state index in [-0.39, 0.29) is 12.0 Å². The lowest BCUT2D eigenvalue weighted by Gasteiger charge is -2.22. The molecule has 1 amide bonds. The molecule has 0 spiro atoms. The first kappa shape index (κ1) is 18.4. The van der Waals surface area contributed by atoms with E-state index >= 15 is 0 Å². The lowest BCUT2D eigenvalue weighted by molar-refractivity contribution is 0.0169. The van der Waals surface area contributed by atoms with Gasteiger partial charge in [0.15, 0.2) is 0 Å². The van der Waals surface area contributed by atoms with Gasteiger partial charge < -0.3 is 14.6 Å². The van der Waals surface area contributed by atoms with Crippen LogP contribution in [0.2, 0.25) is 0 Å². The molecule has 1 aliphatic heterocycles. The van der Waals surface area contributed by atoms with E-state index in [2.05, 4.69) is 34.6 Å². The number of rotatable bonds is 6. The summed E-state index contributed by atoms with van der Waals surface area (Å²) in [6.45, 7) is 2.17. The second-order valence-electron chi connectivity index (χ2n) is 7.21. The van der Waals surface area contributed by atoms with Crippen LogP contribution in [-0.4, -0.2) is 34.7 Å². The molecule has 1 aliphatic rings. The fourth-order valence-corrected chi connectivity index (χ4v) is 3.51. The van der Waals surface area contributed by atoms with Gasteiger partial charge in [-0.15, -0.1) is 0 Å². The van der Waals surface area contributed by atoms with Gasteiger partial charge in [0, 0.05) is 37.7 Å². The predicted molar refractivity (Wildman–Crippen MR) is 109 cm³/mol. The highest BCUT2D eigenvalue weighted by atomic mass is 16.5. The minimum atomic E-state index is -0.0484.